The van der Waals surface area contributed by atoms with Crippen LogP contribution in [0.3, 0.4) is 0 Å². The molecule has 32 nitrogen and oxygen atoms in total. The number of carbonyl (C=O) groups is 3. The van der Waals surface area contributed by atoms with Gasteiger partial charge < -0.3 is 62.6 Å². The minimum atomic E-state index is -0.160. The quantitative estimate of drug-likeness (QED) is 0.0661. The summed E-state index contributed by atoms with van der Waals surface area (Å²) in [6, 6.07) is 66.1. The van der Waals surface area contributed by atoms with E-state index >= 15 is 0 Å². The number of nitrogens with zero attached hydrogens (tertiary/aromatic N) is 23. The average Bonchev–Trinajstić information content (AvgIpc) is 1.66. The summed E-state index contributed by atoms with van der Waals surface area (Å²) < 4.78 is 10.1. The molecule has 0 spiro atoms. The van der Waals surface area contributed by atoms with Crippen molar-refractivity contribution in [2.45, 2.75) is 134 Å². The minimum absolute atomic E-state index is 0.0421. The lowest BCUT2D eigenvalue weighted by Gasteiger charge is -2.33. The smallest absolute Gasteiger partial charge is 0.255 e. The molecule has 5 fully saturated rings. The maximum absolute atomic E-state index is 13.2. The van der Waals surface area contributed by atoms with Crippen LogP contribution in [0.4, 0.5) is 22.7 Å². The van der Waals surface area contributed by atoms with Gasteiger partial charge in [-0.25, -0.2) is 49.8 Å². The van der Waals surface area contributed by atoms with Crippen molar-refractivity contribution in [3.8, 4) is 12.1 Å². The second-order valence-electron chi connectivity index (χ2n) is 38.8. The maximum atomic E-state index is 13.2. The third-order valence-electron chi connectivity index (χ3n) is 28.7. The molecule has 5 aromatic carbocycles. The summed E-state index contributed by atoms with van der Waals surface area (Å²) in [5.41, 5.74) is 44.7. The number of nitrogens with one attached hydrogen (secondary N) is 3. The molecule has 4 aliphatic heterocycles. The zero-order valence-corrected chi connectivity index (χ0v) is 81.3. The van der Waals surface area contributed by atoms with Gasteiger partial charge in [0.15, 0.2) is 28.2 Å². The number of pyridine rings is 10. The van der Waals surface area contributed by atoms with Crippen molar-refractivity contribution in [1.29, 1.82) is 10.5 Å². The van der Waals surface area contributed by atoms with Crippen LogP contribution in [-0.2, 0) is 0 Å². The number of fused-ring (bicyclic) bond motifs is 25. The van der Waals surface area contributed by atoms with Crippen molar-refractivity contribution in [1.82, 2.24) is 97.6 Å². The van der Waals surface area contributed by atoms with Gasteiger partial charge >= 0.3 is 0 Å². The van der Waals surface area contributed by atoms with Gasteiger partial charge in [0.25, 0.3) is 17.7 Å². The van der Waals surface area contributed by atoms with Gasteiger partial charge in [-0.3, -0.25) is 36.4 Å². The minimum Gasteiger partial charge on any atom is -0.369 e. The van der Waals surface area contributed by atoms with Crippen molar-refractivity contribution in [2.75, 3.05) is 114 Å². The van der Waals surface area contributed by atoms with Crippen LogP contribution in [0, 0.1) is 29.6 Å². The van der Waals surface area contributed by atoms with Gasteiger partial charge in [0, 0.05) is 182 Å². The molecule has 3 amide bonds. The summed E-state index contributed by atoms with van der Waals surface area (Å²) in [6.45, 7) is 15.9. The van der Waals surface area contributed by atoms with Crippen LogP contribution in [0.1, 0.15) is 144 Å². The number of piperidine rings is 2. The molecule has 142 heavy (non-hydrogen) atoms. The lowest BCUT2D eigenvalue weighted by atomic mass is 9.81. The Kier molecular flexibility index (Phi) is 25.3. The molecule has 20 aromatic rings. The number of carbonyl (C=O) groups excluding carboxylic acids is 3. The average molecular weight is 1890 g/mol. The van der Waals surface area contributed by atoms with E-state index in [1.807, 2.05) is 238 Å². The van der Waals surface area contributed by atoms with Crippen LogP contribution in [0.2, 0.25) is 0 Å². The standard InChI is InChI=1S/C24H28N6O.C22H24N6O.C22H22N6.C21H22N6O.C21H19N5/c1-15(2)26-24(31)18-13-17-20(29-12-10-16(14-29)28(3)4)9-11-25-22(17)30-21-8-6-5-7-19(21)27-23(18)30;1-2-24-22(29)16-12-15-18(27-11-5-6-14(23)13-27)9-10-25-20(15)28-19-8-4-3-7-17(19)26-21(16)28;1-14-10-20(27-9-8-16(13-27)26(2)3)17-11-15(12-23)21-25-18-6-4-5-7-19(18)28(21)22(17)24-14;1-23-21(28)15-11-14-17(26-10-4-5-13(22)12-26)8-9-24-19(14)27-18-7-3-2-6-16(18)25-20(15)27;22-12-14-11-17-16(13-4-3-5-15(23)10-13)8-9-24-21(17)26-19-7-2-1-6-18(19)25-20(14)26/h5-9,11,13,15-16H,10,12,14H2,1-4H3,(H,26,31);3-4,7-10,12,14H,2,5-6,11,13,23H2,1H3,(H,24,29);4-7,10-11,16H,8-9,13H2,1-3H3;2-3,6-9,11,13H,4-5,10,12,22H2,1H3,(H,23,28);1-2,6-9,11,13,15H,3-5,10,23H2/t16-;14-;16-;13-;13?,15-/m01011/s1. The lowest BCUT2D eigenvalue weighted by Crippen LogP contribution is -2.43. The molecule has 1 saturated carbocycles. The number of benzene rings is 5. The number of nitrogens with two attached hydrogens (primary N) is 3. The number of nitriles is 2. The number of imidazole rings is 5. The number of aromatic nitrogens is 15. The summed E-state index contributed by atoms with van der Waals surface area (Å²) in [5, 5.41) is 33.1. The Morgan fingerprint density at radius 3 is 1.17 bits per heavy atom. The Bertz CT molecular complexity index is 8450. The van der Waals surface area contributed by atoms with Gasteiger partial charge in [-0.1, -0.05) is 67.1 Å². The fourth-order valence-corrected chi connectivity index (χ4v) is 21.8. The monoisotopic (exact) mass is 1890 g/mol. The largest absolute Gasteiger partial charge is 0.369 e. The Balaban J connectivity index is 0.000000105. The molecule has 9 N–H and O–H groups in total. The van der Waals surface area contributed by atoms with E-state index in [0.717, 1.165) is 255 Å². The van der Waals surface area contributed by atoms with Gasteiger partial charge in [-0.05, 0) is 246 Å². The molecule has 32 heteroatoms. The third kappa shape index (κ3) is 17.1. The first-order valence-corrected chi connectivity index (χ1v) is 49.3. The second kappa shape index (κ2) is 38.8. The Labute approximate surface area is 819 Å². The van der Waals surface area contributed by atoms with Crippen LogP contribution in [-0.4, -0.2) is 230 Å². The van der Waals surface area contributed by atoms with E-state index in [0.29, 0.717) is 80.6 Å². The third-order valence-corrected chi connectivity index (χ3v) is 28.7. The van der Waals surface area contributed by atoms with Gasteiger partial charge in [0.05, 0.1) is 83.0 Å². The van der Waals surface area contributed by atoms with Gasteiger partial charge in [-0.2, -0.15) is 10.5 Å². The first-order valence-electron chi connectivity index (χ1n) is 49.3. The molecule has 6 atom stereocenters. The topological polar surface area (TPSA) is 383 Å². The number of rotatable bonds is 12. The molecule has 19 heterocycles. The predicted molar refractivity (Wildman–Crippen MR) is 565 cm³/mol. The van der Waals surface area contributed by atoms with E-state index in [9.17, 15) is 24.9 Å². The number of likely N-dealkylation sites (N-methyl/N-ethyl adjacent to an activating group) is 2. The number of anilines is 4. The normalized spacial score (nSPS) is 17.9. The summed E-state index contributed by atoms with van der Waals surface area (Å²) in [5.74, 6) is 0.0230. The zero-order valence-electron chi connectivity index (χ0n) is 81.3. The number of para-hydroxylation sites is 10. The molecular formula is C110H115N29O3. The van der Waals surface area contributed by atoms with E-state index < -0.39 is 0 Å². The van der Waals surface area contributed by atoms with E-state index in [-0.39, 0.29) is 41.9 Å². The Hall–Kier alpha value is -15.7. The fraction of sp³-hybridized carbons (Fsp3) is 0.318. The van der Waals surface area contributed by atoms with Crippen molar-refractivity contribution >= 4 is 179 Å². The van der Waals surface area contributed by atoms with Gasteiger partial charge in [0.1, 0.15) is 40.4 Å². The first-order chi connectivity index (χ1) is 69.1. The fourth-order valence-electron chi connectivity index (χ4n) is 21.8. The molecular weight excluding hydrogens is 1780 g/mol. The van der Waals surface area contributed by atoms with E-state index in [1.54, 1.807) is 7.05 Å². The van der Waals surface area contributed by atoms with Crippen LogP contribution >= 0.6 is 0 Å². The van der Waals surface area contributed by atoms with Crippen molar-refractivity contribution in [2.24, 2.45) is 17.2 Å². The van der Waals surface area contributed by atoms with Crippen LogP contribution in [0.15, 0.2) is 207 Å². The molecule has 0 radical (unpaired) electrons. The van der Waals surface area contributed by atoms with Crippen molar-refractivity contribution < 1.29 is 14.4 Å². The summed E-state index contributed by atoms with van der Waals surface area (Å²) >= 11 is 0. The van der Waals surface area contributed by atoms with Crippen LogP contribution < -0.4 is 52.8 Å². The lowest BCUT2D eigenvalue weighted by molar-refractivity contribution is 0.0939. The summed E-state index contributed by atoms with van der Waals surface area (Å²) in [4.78, 5) is 100. The highest BCUT2D eigenvalue weighted by Gasteiger charge is 2.34. The highest BCUT2D eigenvalue weighted by Crippen LogP contribution is 2.42. The zero-order chi connectivity index (χ0) is 98.0. The predicted octanol–water partition coefficient (Wildman–Crippen LogP) is 15.6. The van der Waals surface area contributed by atoms with E-state index in [4.69, 9.17) is 47.1 Å². The number of aryl methyl sites for hydroxylation is 1. The molecule has 15 aromatic heterocycles. The molecule has 5 aliphatic rings. The summed E-state index contributed by atoms with van der Waals surface area (Å²) in [7, 11) is 10.2. The molecule has 1 aliphatic carbocycles. The second-order valence-corrected chi connectivity index (χ2v) is 38.8. The molecule has 25 rings (SSSR count). The maximum Gasteiger partial charge on any atom is 0.255 e. The Morgan fingerprint density at radius 1 is 0.401 bits per heavy atom. The van der Waals surface area contributed by atoms with E-state index in [1.165, 1.54) is 5.56 Å². The van der Waals surface area contributed by atoms with Crippen LogP contribution in [0.25, 0.3) is 139 Å². The number of hydrogen-bond acceptors (Lipinski definition) is 24. The Morgan fingerprint density at radius 2 is 0.768 bits per heavy atom. The highest BCUT2D eigenvalue weighted by atomic mass is 16.2. The van der Waals surface area contributed by atoms with Gasteiger partial charge in [0.2, 0.25) is 0 Å². The number of amides is 3. The van der Waals surface area contributed by atoms with Crippen molar-refractivity contribution in [3.63, 3.8) is 0 Å². The first kappa shape index (κ1) is 92.6. The molecule has 4 saturated heterocycles. The molecule has 1 unspecified atom stereocenters. The summed E-state index contributed by atoms with van der Waals surface area (Å²) in [6.07, 6.45) is 18.2. The van der Waals surface area contributed by atoms with E-state index in [2.05, 4.69) is 124 Å². The highest BCUT2D eigenvalue weighted by molar-refractivity contribution is 6.11. The SMILES string of the molecule is CC(C)NC(=O)c1cc2c(N3CC[C@H](N(C)C)C3)ccnc2n2c1nc1ccccc12.CCNC(=O)c1cc2c(N3CCC[C@@H](N)C3)ccnc2n2c1nc1ccccc12.CNC(=O)c1cc2c(N3CCC[C@@H](N)C3)ccnc2n2c1nc1ccccc12.Cc1cc(N2CC[C@H](N(C)C)C2)c2cc(C#N)c3nc4ccccc4n3c2n1.N#Cc1cc2c(C3CCC[C@@H](N)C3)ccnc2n2c1nc1ccccc12. The number of hydrogen-bond donors (Lipinski definition) is 6. The molecule has 0 bridgehead atoms. The van der Waals surface area contributed by atoms with Gasteiger partial charge in [-0.15, -0.1) is 0 Å². The van der Waals surface area contributed by atoms with Crippen LogP contribution in [0.5, 0.6) is 0 Å². The van der Waals surface area contributed by atoms with Crippen molar-refractivity contribution in [3.05, 3.63) is 246 Å². The molecule has 718 valence electrons.